The Bertz CT molecular complexity index is 365. The molecule has 0 aliphatic carbocycles. The number of alkyl halides is 3. The first-order valence-electron chi connectivity index (χ1n) is 4.04. The molecule has 0 aliphatic heterocycles. The van der Waals surface area contributed by atoms with Gasteiger partial charge in [0, 0.05) is 6.54 Å². The lowest BCUT2D eigenvalue weighted by molar-refractivity contribution is -0.138. The van der Waals surface area contributed by atoms with Crippen LogP contribution in [0.5, 0.6) is 5.75 Å². The van der Waals surface area contributed by atoms with E-state index in [4.69, 9.17) is 10.5 Å². The third-order valence-corrected chi connectivity index (χ3v) is 2.81. The highest BCUT2D eigenvalue weighted by Gasteiger charge is 2.34. The van der Waals surface area contributed by atoms with Gasteiger partial charge in [0.25, 0.3) is 0 Å². The lowest BCUT2D eigenvalue weighted by Gasteiger charge is -2.15. The Morgan fingerprint density at radius 3 is 2.40 bits per heavy atom. The topological polar surface area (TPSA) is 35.2 Å². The van der Waals surface area contributed by atoms with E-state index in [1.54, 1.807) is 0 Å². The van der Waals surface area contributed by atoms with E-state index in [0.717, 1.165) is 6.07 Å². The van der Waals surface area contributed by atoms with Crippen molar-refractivity contribution in [3.05, 3.63) is 27.7 Å². The molecule has 0 bridgehead atoms. The summed E-state index contributed by atoms with van der Waals surface area (Å²) in [6.45, 7) is -0.202. The molecular formula is C9H9BrF3NO. The average Bonchev–Trinajstić information content (AvgIpc) is 2.15. The molecule has 0 saturated carbocycles. The highest BCUT2D eigenvalue weighted by Crippen LogP contribution is 2.38. The number of hydrogen-bond acceptors (Lipinski definition) is 2. The van der Waals surface area contributed by atoms with Crippen LogP contribution in [0.4, 0.5) is 13.2 Å². The molecule has 0 atom stereocenters. The zero-order valence-corrected chi connectivity index (χ0v) is 9.45. The third kappa shape index (κ3) is 2.43. The van der Waals surface area contributed by atoms with Crippen molar-refractivity contribution in [2.75, 3.05) is 7.11 Å². The molecule has 1 rings (SSSR count). The molecule has 0 saturated heterocycles. The Morgan fingerprint density at radius 2 is 2.00 bits per heavy atom. The van der Waals surface area contributed by atoms with E-state index in [0.29, 0.717) is 5.75 Å². The largest absolute Gasteiger partial charge is 0.496 e. The van der Waals surface area contributed by atoms with Crippen LogP contribution in [-0.4, -0.2) is 7.11 Å². The van der Waals surface area contributed by atoms with Gasteiger partial charge in [-0.15, -0.1) is 0 Å². The normalized spacial score (nSPS) is 11.6. The van der Waals surface area contributed by atoms with Crippen LogP contribution >= 0.6 is 15.9 Å². The number of hydrogen-bond donors (Lipinski definition) is 1. The zero-order valence-electron chi connectivity index (χ0n) is 7.86. The molecule has 0 spiro atoms. The van der Waals surface area contributed by atoms with Crippen molar-refractivity contribution in [1.82, 2.24) is 0 Å². The van der Waals surface area contributed by atoms with E-state index < -0.39 is 11.7 Å². The van der Waals surface area contributed by atoms with Crippen molar-refractivity contribution in [3.8, 4) is 5.75 Å². The molecule has 0 aliphatic rings. The SMILES string of the molecule is COc1ccc(C(F)(F)F)c(CN)c1Br. The molecule has 0 fully saturated rings. The molecular weight excluding hydrogens is 275 g/mol. The predicted octanol–water partition coefficient (Wildman–Crippen LogP) is 2.94. The number of methoxy groups -OCH3 is 1. The molecule has 0 heterocycles. The fourth-order valence-corrected chi connectivity index (χ4v) is 1.89. The smallest absolute Gasteiger partial charge is 0.416 e. The van der Waals surface area contributed by atoms with Gasteiger partial charge in [-0.2, -0.15) is 13.2 Å². The van der Waals surface area contributed by atoms with Gasteiger partial charge in [-0.1, -0.05) is 0 Å². The summed E-state index contributed by atoms with van der Waals surface area (Å²) >= 11 is 3.04. The number of nitrogens with two attached hydrogens (primary N) is 1. The third-order valence-electron chi connectivity index (χ3n) is 1.94. The van der Waals surface area contributed by atoms with Crippen molar-refractivity contribution < 1.29 is 17.9 Å². The maximum atomic E-state index is 12.5. The van der Waals surface area contributed by atoms with Crippen molar-refractivity contribution in [3.63, 3.8) is 0 Å². The molecule has 1 aromatic rings. The Labute approximate surface area is 93.3 Å². The molecule has 0 amide bonds. The fraction of sp³-hybridized carbons (Fsp3) is 0.333. The number of rotatable bonds is 2. The predicted molar refractivity (Wildman–Crippen MR) is 53.6 cm³/mol. The van der Waals surface area contributed by atoms with Crippen LogP contribution < -0.4 is 10.5 Å². The van der Waals surface area contributed by atoms with Gasteiger partial charge in [0.1, 0.15) is 5.75 Å². The van der Waals surface area contributed by atoms with Gasteiger partial charge in [0.15, 0.2) is 0 Å². The zero-order chi connectivity index (χ0) is 11.6. The summed E-state index contributed by atoms with van der Waals surface area (Å²) in [6, 6.07) is 2.22. The lowest BCUT2D eigenvalue weighted by atomic mass is 10.1. The Hall–Kier alpha value is -0.750. The minimum absolute atomic E-state index is 0.00171. The maximum Gasteiger partial charge on any atom is 0.416 e. The monoisotopic (exact) mass is 283 g/mol. The molecule has 2 N–H and O–H groups in total. The quantitative estimate of drug-likeness (QED) is 0.906. The number of benzene rings is 1. The highest BCUT2D eigenvalue weighted by molar-refractivity contribution is 9.10. The second kappa shape index (κ2) is 4.40. The maximum absolute atomic E-state index is 12.5. The number of ether oxygens (including phenoxy) is 1. The fourth-order valence-electron chi connectivity index (χ4n) is 1.22. The van der Waals surface area contributed by atoms with E-state index >= 15 is 0 Å². The van der Waals surface area contributed by atoms with Crippen LogP contribution in [0.1, 0.15) is 11.1 Å². The molecule has 0 aromatic heterocycles. The van der Waals surface area contributed by atoms with Gasteiger partial charge >= 0.3 is 6.18 Å². The molecule has 2 nitrogen and oxygen atoms in total. The Kier molecular flexibility index (Phi) is 3.62. The standard InChI is InChI=1S/C9H9BrF3NO/c1-15-7-3-2-6(9(11,12)13)5(4-14)8(7)10/h2-3H,4,14H2,1H3. The van der Waals surface area contributed by atoms with Crippen molar-refractivity contribution in [2.24, 2.45) is 5.73 Å². The van der Waals surface area contributed by atoms with E-state index in [1.807, 2.05) is 0 Å². The summed E-state index contributed by atoms with van der Waals surface area (Å²) in [7, 11) is 1.38. The van der Waals surface area contributed by atoms with Crippen LogP contribution in [-0.2, 0) is 12.7 Å². The van der Waals surface area contributed by atoms with Crippen LogP contribution in [0, 0.1) is 0 Å². The first-order chi connectivity index (χ1) is 6.91. The second-order valence-corrected chi connectivity index (χ2v) is 3.60. The van der Waals surface area contributed by atoms with Gasteiger partial charge in [-0.25, -0.2) is 0 Å². The lowest BCUT2D eigenvalue weighted by Crippen LogP contribution is -2.13. The van der Waals surface area contributed by atoms with Gasteiger partial charge in [-0.05, 0) is 33.6 Å². The number of halogens is 4. The Morgan fingerprint density at radius 1 is 1.40 bits per heavy atom. The molecule has 1 aromatic carbocycles. The first kappa shape index (κ1) is 12.3. The summed E-state index contributed by atoms with van der Waals surface area (Å²) in [4.78, 5) is 0. The van der Waals surface area contributed by atoms with Crippen LogP contribution in [0.25, 0.3) is 0 Å². The molecule has 84 valence electrons. The summed E-state index contributed by atoms with van der Waals surface area (Å²) < 4.78 is 42.7. The summed E-state index contributed by atoms with van der Waals surface area (Å²) in [5.41, 5.74) is 4.55. The molecule has 0 radical (unpaired) electrons. The van der Waals surface area contributed by atoms with Gasteiger partial charge in [-0.3, -0.25) is 0 Å². The molecule has 15 heavy (non-hydrogen) atoms. The van der Waals surface area contributed by atoms with Crippen molar-refractivity contribution in [2.45, 2.75) is 12.7 Å². The second-order valence-electron chi connectivity index (χ2n) is 2.81. The van der Waals surface area contributed by atoms with Crippen molar-refractivity contribution >= 4 is 15.9 Å². The van der Waals surface area contributed by atoms with E-state index in [-0.39, 0.29) is 16.6 Å². The molecule has 0 unspecified atom stereocenters. The average molecular weight is 284 g/mol. The van der Waals surface area contributed by atoms with Crippen LogP contribution in [0.2, 0.25) is 0 Å². The summed E-state index contributed by atoms with van der Waals surface area (Å²) in [5, 5.41) is 0. The molecule has 6 heteroatoms. The highest BCUT2D eigenvalue weighted by atomic mass is 79.9. The Balaban J connectivity index is 3.38. The minimum atomic E-state index is -4.40. The minimum Gasteiger partial charge on any atom is -0.496 e. The summed E-state index contributed by atoms with van der Waals surface area (Å²) in [5.74, 6) is 0.337. The first-order valence-corrected chi connectivity index (χ1v) is 4.83. The van der Waals surface area contributed by atoms with Crippen LogP contribution in [0.15, 0.2) is 16.6 Å². The van der Waals surface area contributed by atoms with E-state index in [9.17, 15) is 13.2 Å². The summed E-state index contributed by atoms with van der Waals surface area (Å²) in [6.07, 6.45) is -4.40. The van der Waals surface area contributed by atoms with Gasteiger partial charge in [0.2, 0.25) is 0 Å². The van der Waals surface area contributed by atoms with Gasteiger partial charge in [0.05, 0.1) is 17.1 Å². The van der Waals surface area contributed by atoms with E-state index in [1.165, 1.54) is 13.2 Å². The van der Waals surface area contributed by atoms with Crippen molar-refractivity contribution in [1.29, 1.82) is 0 Å². The van der Waals surface area contributed by atoms with Gasteiger partial charge < -0.3 is 10.5 Å². The van der Waals surface area contributed by atoms with E-state index in [2.05, 4.69) is 15.9 Å². The van der Waals surface area contributed by atoms with Crippen LogP contribution in [0.3, 0.4) is 0 Å².